The normalized spacial score (nSPS) is 19.0. The third-order valence-electron chi connectivity index (χ3n) is 4.61. The van der Waals surface area contributed by atoms with E-state index in [0.29, 0.717) is 5.92 Å². The molecule has 0 aliphatic heterocycles. The van der Waals surface area contributed by atoms with Gasteiger partial charge in [-0.3, -0.25) is 0 Å². The van der Waals surface area contributed by atoms with E-state index >= 15 is 0 Å². The first-order chi connectivity index (χ1) is 11.5. The topological polar surface area (TPSA) is 20.2 Å². The van der Waals surface area contributed by atoms with Gasteiger partial charge in [0.15, 0.2) is 0 Å². The lowest BCUT2D eigenvalue weighted by molar-refractivity contribution is 0.133. The lowest BCUT2D eigenvalue weighted by Crippen LogP contribution is -2.16. The predicted molar refractivity (Wildman–Crippen MR) is 102 cm³/mol. The maximum absolute atomic E-state index is 10.3. The molecule has 1 nitrogen and oxygen atoms in total. The Kier molecular flexibility index (Phi) is 5.01. The third-order valence-corrected chi connectivity index (χ3v) is 4.61. The molecule has 1 aliphatic rings. The largest absolute Gasteiger partial charge is 0.386 e. The molecule has 124 valence electrons. The zero-order valence-corrected chi connectivity index (χ0v) is 14.6. The van der Waals surface area contributed by atoms with Crippen molar-refractivity contribution in [1.29, 1.82) is 0 Å². The quantitative estimate of drug-likeness (QED) is 0.762. The van der Waals surface area contributed by atoms with Crippen LogP contribution in [-0.2, 0) is 0 Å². The molecule has 1 N–H and O–H groups in total. The lowest BCUT2D eigenvalue weighted by atomic mass is 9.80. The van der Waals surface area contributed by atoms with Crippen molar-refractivity contribution in [3.05, 3.63) is 89.5 Å². The van der Waals surface area contributed by atoms with Crippen LogP contribution < -0.4 is 0 Å². The highest BCUT2D eigenvalue weighted by atomic mass is 16.3. The number of hydrogen-bond donors (Lipinski definition) is 1. The maximum Gasteiger partial charge on any atom is 0.0780 e. The lowest BCUT2D eigenvalue weighted by Gasteiger charge is -2.25. The fourth-order valence-electron chi connectivity index (χ4n) is 3.44. The summed E-state index contributed by atoms with van der Waals surface area (Å²) < 4.78 is 0. The number of rotatable bonds is 4. The summed E-state index contributed by atoms with van der Waals surface area (Å²) in [5.41, 5.74) is 4.33. The smallest absolute Gasteiger partial charge is 0.0780 e. The zero-order valence-electron chi connectivity index (χ0n) is 14.6. The van der Waals surface area contributed by atoms with Gasteiger partial charge in [-0.15, -0.1) is 0 Å². The Morgan fingerprint density at radius 3 is 2.17 bits per heavy atom. The second-order valence-corrected chi connectivity index (χ2v) is 7.19. The molecule has 2 aromatic carbocycles. The molecule has 1 aliphatic carbocycles. The van der Waals surface area contributed by atoms with Gasteiger partial charge in [0.25, 0.3) is 0 Å². The summed E-state index contributed by atoms with van der Waals surface area (Å²) in [6.07, 6.45) is 7.64. The van der Waals surface area contributed by atoms with Gasteiger partial charge < -0.3 is 5.11 Å². The van der Waals surface area contributed by atoms with Crippen molar-refractivity contribution >= 4 is 5.57 Å². The van der Waals surface area contributed by atoms with Gasteiger partial charge in [0, 0.05) is 0 Å². The van der Waals surface area contributed by atoms with E-state index in [1.165, 1.54) is 22.3 Å². The van der Waals surface area contributed by atoms with E-state index < -0.39 is 5.60 Å². The number of aliphatic hydroxyl groups is 1. The van der Waals surface area contributed by atoms with Crippen LogP contribution in [0.2, 0.25) is 0 Å². The van der Waals surface area contributed by atoms with E-state index in [-0.39, 0.29) is 0 Å². The summed E-state index contributed by atoms with van der Waals surface area (Å²) in [4.78, 5) is 0. The molecule has 0 fully saturated rings. The van der Waals surface area contributed by atoms with Gasteiger partial charge in [-0.05, 0) is 67.4 Å². The van der Waals surface area contributed by atoms with Gasteiger partial charge in [-0.2, -0.15) is 0 Å². The van der Waals surface area contributed by atoms with Crippen LogP contribution in [0.25, 0.3) is 5.57 Å². The minimum atomic E-state index is -0.817. The fourth-order valence-corrected chi connectivity index (χ4v) is 3.44. The first kappa shape index (κ1) is 16.7. The first-order valence-electron chi connectivity index (χ1n) is 8.78. The second kappa shape index (κ2) is 7.19. The molecule has 1 atom stereocenters. The Bertz CT molecular complexity index is 718. The first-order valence-corrected chi connectivity index (χ1v) is 8.78. The second-order valence-electron chi connectivity index (χ2n) is 7.19. The summed E-state index contributed by atoms with van der Waals surface area (Å²) in [5, 5.41) is 10.3. The standard InChI is InChI=1S/C23H26O/c1-23(2,24)17-22(20-11-7-4-8-12-20)21-15-13-19(14-16-21)18-9-5-3-6-10-18/h3-12,15,17,19,24H,13-14,16H2,1-2H3/b22-17+. The highest BCUT2D eigenvalue weighted by Gasteiger charge is 2.20. The van der Waals surface area contributed by atoms with E-state index in [0.717, 1.165) is 19.3 Å². The fraction of sp³-hybridized carbons (Fsp3) is 0.304. The van der Waals surface area contributed by atoms with Gasteiger partial charge in [0.05, 0.1) is 5.60 Å². The Balaban J connectivity index is 1.88. The van der Waals surface area contributed by atoms with Crippen molar-refractivity contribution in [1.82, 2.24) is 0 Å². The molecule has 0 saturated heterocycles. The molecule has 1 heteroatoms. The molecule has 0 amide bonds. The summed E-state index contributed by atoms with van der Waals surface area (Å²) in [7, 11) is 0. The van der Waals surface area contributed by atoms with E-state index in [1.807, 2.05) is 26.0 Å². The molecule has 0 bridgehead atoms. The highest BCUT2D eigenvalue weighted by Crippen LogP contribution is 2.38. The summed E-state index contributed by atoms with van der Waals surface area (Å²) in [5.74, 6) is 0.606. The van der Waals surface area contributed by atoms with Crippen molar-refractivity contribution in [2.75, 3.05) is 0 Å². The summed E-state index contributed by atoms with van der Waals surface area (Å²) in [6.45, 7) is 3.68. The summed E-state index contributed by atoms with van der Waals surface area (Å²) in [6, 6.07) is 21.2. The number of benzene rings is 2. The molecule has 0 radical (unpaired) electrons. The third kappa shape index (κ3) is 4.24. The molecule has 0 spiro atoms. The molecule has 0 aromatic heterocycles. The van der Waals surface area contributed by atoms with E-state index in [9.17, 15) is 5.11 Å². The highest BCUT2D eigenvalue weighted by molar-refractivity contribution is 5.79. The molecule has 24 heavy (non-hydrogen) atoms. The minimum Gasteiger partial charge on any atom is -0.386 e. The maximum atomic E-state index is 10.3. The minimum absolute atomic E-state index is 0.606. The van der Waals surface area contributed by atoms with E-state index in [1.54, 1.807) is 0 Å². The Labute approximate surface area is 145 Å². The molecular formula is C23H26O. The van der Waals surface area contributed by atoms with E-state index in [2.05, 4.69) is 60.7 Å². The van der Waals surface area contributed by atoms with Crippen LogP contribution in [0.4, 0.5) is 0 Å². The average Bonchev–Trinajstić information content (AvgIpc) is 2.61. The van der Waals surface area contributed by atoms with Crippen molar-refractivity contribution in [3.63, 3.8) is 0 Å². The van der Waals surface area contributed by atoms with Gasteiger partial charge in [0.1, 0.15) is 0 Å². The van der Waals surface area contributed by atoms with Gasteiger partial charge in [-0.25, -0.2) is 0 Å². The zero-order chi connectivity index (χ0) is 17.0. The van der Waals surface area contributed by atoms with Crippen LogP contribution in [0.3, 0.4) is 0 Å². The molecule has 3 rings (SSSR count). The number of allylic oxidation sites excluding steroid dienone is 3. The molecular weight excluding hydrogens is 292 g/mol. The van der Waals surface area contributed by atoms with Crippen LogP contribution in [0.15, 0.2) is 78.4 Å². The Morgan fingerprint density at radius 1 is 1.00 bits per heavy atom. The van der Waals surface area contributed by atoms with E-state index in [4.69, 9.17) is 0 Å². The number of hydrogen-bond acceptors (Lipinski definition) is 1. The average molecular weight is 318 g/mol. The van der Waals surface area contributed by atoms with Gasteiger partial charge in [-0.1, -0.05) is 66.7 Å². The molecule has 1 unspecified atom stereocenters. The van der Waals surface area contributed by atoms with Crippen molar-refractivity contribution in [3.8, 4) is 0 Å². The molecule has 0 heterocycles. The SMILES string of the molecule is CC(C)(O)/C=C(/C1=CCC(c2ccccc2)CC1)c1ccccc1. The van der Waals surface area contributed by atoms with Gasteiger partial charge >= 0.3 is 0 Å². The van der Waals surface area contributed by atoms with Crippen molar-refractivity contribution < 1.29 is 5.11 Å². The van der Waals surface area contributed by atoms with Gasteiger partial charge in [0.2, 0.25) is 0 Å². The Hall–Kier alpha value is -2.12. The van der Waals surface area contributed by atoms with Crippen LogP contribution in [-0.4, -0.2) is 10.7 Å². The van der Waals surface area contributed by atoms with Crippen LogP contribution in [0.5, 0.6) is 0 Å². The van der Waals surface area contributed by atoms with Crippen molar-refractivity contribution in [2.24, 2.45) is 0 Å². The summed E-state index contributed by atoms with van der Waals surface area (Å²) >= 11 is 0. The Morgan fingerprint density at radius 2 is 1.62 bits per heavy atom. The predicted octanol–water partition coefficient (Wildman–Crippen LogP) is 5.74. The molecule has 2 aromatic rings. The van der Waals surface area contributed by atoms with Crippen LogP contribution in [0, 0.1) is 0 Å². The van der Waals surface area contributed by atoms with Crippen LogP contribution in [0.1, 0.15) is 50.2 Å². The van der Waals surface area contributed by atoms with Crippen molar-refractivity contribution in [2.45, 2.75) is 44.6 Å². The molecule has 0 saturated carbocycles. The van der Waals surface area contributed by atoms with Crippen LogP contribution >= 0.6 is 0 Å². The monoisotopic (exact) mass is 318 g/mol.